The third-order valence-corrected chi connectivity index (χ3v) is 14.2. The Morgan fingerprint density at radius 3 is 1.83 bits per heavy atom. The predicted molar refractivity (Wildman–Crippen MR) is 202 cm³/mol. The first-order valence-corrected chi connectivity index (χ1v) is 20.3. The van der Waals surface area contributed by atoms with E-state index in [-0.39, 0.29) is 17.3 Å². The van der Waals surface area contributed by atoms with Crippen LogP contribution in [0.25, 0.3) is 0 Å². The first-order chi connectivity index (χ1) is 24.9. The number of aliphatic hydroxyl groups is 1. The molecule has 2 aliphatic rings. The minimum absolute atomic E-state index is 0.0978. The lowest BCUT2D eigenvalue weighted by Crippen LogP contribution is -2.30. The lowest BCUT2D eigenvalue weighted by molar-refractivity contribution is -0.0509. The molecule has 14 heteroatoms. The Morgan fingerprint density at radius 1 is 0.731 bits per heavy atom. The second kappa shape index (κ2) is 20.5. The fraction of sp³-hybridized carbons (Fsp3) is 0.342. The topological polar surface area (TPSA) is 55.8 Å². The van der Waals surface area contributed by atoms with Gasteiger partial charge in [0.2, 0.25) is 0 Å². The van der Waals surface area contributed by atoms with Crippen molar-refractivity contribution >= 4 is 53.3 Å². The molecule has 0 aromatic heterocycles. The Hall–Kier alpha value is -2.91. The third kappa shape index (κ3) is 12.1. The monoisotopic (exact) mass is 800 g/mol. The summed E-state index contributed by atoms with van der Waals surface area (Å²) in [6.45, 7) is -2.42. The van der Waals surface area contributed by atoms with Crippen LogP contribution in [0.4, 0.5) is 26.3 Å². The number of thioether (sulfide) groups is 4. The van der Waals surface area contributed by atoms with Crippen molar-refractivity contribution in [2.24, 2.45) is 0 Å². The molecule has 0 aliphatic carbocycles. The maximum atomic E-state index is 13.6. The number of hydrogen-bond donors (Lipinski definition) is 1. The number of aryl methyl sites for hydroxylation is 2. The minimum atomic E-state index is -2.88. The van der Waals surface area contributed by atoms with Crippen LogP contribution >= 0.6 is 47.0 Å². The summed E-state index contributed by atoms with van der Waals surface area (Å²) >= 11 is 7.05. The summed E-state index contributed by atoms with van der Waals surface area (Å²) in [7, 11) is 0. The number of hydrogen-bond acceptors (Lipinski definition) is 8. The van der Waals surface area contributed by atoms with Gasteiger partial charge >= 0.3 is 13.2 Å². The molecule has 4 aromatic carbocycles. The molecule has 280 valence electrons. The predicted octanol–water partition coefficient (Wildman–Crippen LogP) is 11.6. The number of halogens is 6. The summed E-state index contributed by atoms with van der Waals surface area (Å²) in [5.41, 5.74) is 3.96. The second-order valence-electron chi connectivity index (χ2n) is 11.5. The summed E-state index contributed by atoms with van der Waals surface area (Å²) in [5.74, 6) is 3.80. The largest absolute Gasteiger partial charge is 0.435 e. The van der Waals surface area contributed by atoms with Crippen LogP contribution in [-0.4, -0.2) is 47.6 Å². The van der Waals surface area contributed by atoms with Crippen molar-refractivity contribution in [3.63, 3.8) is 0 Å². The highest BCUT2D eigenvalue weighted by Gasteiger charge is 2.43. The first kappa shape index (κ1) is 41.8. The highest BCUT2D eigenvalue weighted by Crippen LogP contribution is 2.58. The van der Waals surface area contributed by atoms with Gasteiger partial charge in [-0.2, -0.15) is 17.6 Å². The second-order valence-corrected chi connectivity index (χ2v) is 17.2. The van der Waals surface area contributed by atoms with E-state index in [1.54, 1.807) is 73.8 Å². The number of ether oxygens (including phenoxy) is 2. The Bertz CT molecular complexity index is 1740. The van der Waals surface area contributed by atoms with E-state index in [1.165, 1.54) is 60.4 Å². The van der Waals surface area contributed by atoms with E-state index in [2.05, 4.69) is 9.47 Å². The Morgan fingerprint density at radius 2 is 1.29 bits per heavy atom. The van der Waals surface area contributed by atoms with Gasteiger partial charge in [0.1, 0.15) is 39.6 Å². The SMILES string of the molecule is Cc1cc(C2(C(O)c3cccc(F)c3)SCCCS2)ccc1OC(F)F.Cc1cc(C=O)ccc1OC(F)F.Fc1cccc(C2SCCCS2)c1. The summed E-state index contributed by atoms with van der Waals surface area (Å²) in [6, 6.07) is 22.2. The maximum absolute atomic E-state index is 13.6. The van der Waals surface area contributed by atoms with Crippen molar-refractivity contribution in [3.05, 3.63) is 130 Å². The molecule has 0 spiro atoms. The van der Waals surface area contributed by atoms with Gasteiger partial charge in [-0.25, -0.2) is 8.78 Å². The van der Waals surface area contributed by atoms with Crippen LogP contribution in [0, 0.1) is 25.5 Å². The van der Waals surface area contributed by atoms with Gasteiger partial charge < -0.3 is 14.6 Å². The van der Waals surface area contributed by atoms with E-state index in [0.717, 1.165) is 29.1 Å². The molecule has 4 nitrogen and oxygen atoms in total. The summed E-state index contributed by atoms with van der Waals surface area (Å²) in [5, 5.41) is 11.1. The van der Waals surface area contributed by atoms with Crippen molar-refractivity contribution in [1.29, 1.82) is 0 Å². The molecule has 0 radical (unpaired) electrons. The summed E-state index contributed by atoms with van der Waals surface area (Å²) in [6.07, 6.45) is 2.01. The van der Waals surface area contributed by atoms with Gasteiger partial charge in [-0.15, -0.1) is 47.0 Å². The average molecular weight is 801 g/mol. The van der Waals surface area contributed by atoms with Crippen LogP contribution in [-0.2, 0) is 4.08 Å². The van der Waals surface area contributed by atoms with Gasteiger partial charge in [-0.3, -0.25) is 4.79 Å². The molecule has 0 bridgehead atoms. The molecule has 1 N–H and O–H groups in total. The summed E-state index contributed by atoms with van der Waals surface area (Å²) < 4.78 is 83.6. The molecule has 4 aromatic rings. The van der Waals surface area contributed by atoms with E-state index in [0.29, 0.717) is 33.1 Å². The molecule has 1 unspecified atom stereocenters. The maximum Gasteiger partial charge on any atom is 0.387 e. The molecular formula is C38H38F6O4S4. The van der Waals surface area contributed by atoms with E-state index in [9.17, 15) is 36.2 Å². The van der Waals surface area contributed by atoms with Crippen LogP contribution < -0.4 is 9.47 Å². The molecule has 2 fully saturated rings. The normalized spacial score (nSPS) is 16.2. The van der Waals surface area contributed by atoms with Gasteiger partial charge in [-0.05, 0) is 126 Å². The third-order valence-electron chi connectivity index (χ3n) is 7.74. The zero-order valence-electron chi connectivity index (χ0n) is 28.3. The minimum Gasteiger partial charge on any atom is -0.435 e. The van der Waals surface area contributed by atoms with Gasteiger partial charge in [0.25, 0.3) is 0 Å². The fourth-order valence-corrected chi connectivity index (χ4v) is 11.6. The number of alkyl halides is 4. The molecule has 2 aliphatic heterocycles. The molecule has 52 heavy (non-hydrogen) atoms. The van der Waals surface area contributed by atoms with E-state index >= 15 is 0 Å². The number of carbonyl (C=O) groups is 1. The van der Waals surface area contributed by atoms with Crippen molar-refractivity contribution in [2.45, 2.75) is 54.7 Å². The van der Waals surface area contributed by atoms with Crippen LogP contribution in [0.1, 0.15) is 61.7 Å². The first-order valence-electron chi connectivity index (χ1n) is 16.2. The lowest BCUT2D eigenvalue weighted by atomic mass is 9.98. The number of rotatable bonds is 9. The fourth-order valence-electron chi connectivity index (χ4n) is 5.33. The lowest BCUT2D eigenvalue weighted by Gasteiger charge is -2.40. The van der Waals surface area contributed by atoms with Gasteiger partial charge in [0.05, 0.1) is 4.58 Å². The van der Waals surface area contributed by atoms with E-state index < -0.39 is 29.2 Å². The Balaban J connectivity index is 0.000000195. The molecule has 6 rings (SSSR count). The summed E-state index contributed by atoms with van der Waals surface area (Å²) in [4.78, 5) is 10.3. The van der Waals surface area contributed by atoms with Crippen molar-refractivity contribution in [3.8, 4) is 11.5 Å². The molecule has 2 saturated heterocycles. The van der Waals surface area contributed by atoms with Gasteiger partial charge in [-0.1, -0.05) is 36.4 Å². The van der Waals surface area contributed by atoms with Crippen LogP contribution in [0.5, 0.6) is 11.5 Å². The number of aldehydes is 1. The number of benzene rings is 4. The molecule has 0 amide bonds. The smallest absolute Gasteiger partial charge is 0.387 e. The van der Waals surface area contributed by atoms with Crippen LogP contribution in [0.2, 0.25) is 0 Å². The molecule has 0 saturated carbocycles. The van der Waals surface area contributed by atoms with Gasteiger partial charge in [0.15, 0.2) is 0 Å². The molecule has 1 atom stereocenters. The molecular weight excluding hydrogens is 763 g/mol. The van der Waals surface area contributed by atoms with Gasteiger partial charge in [0, 0.05) is 5.56 Å². The van der Waals surface area contributed by atoms with E-state index in [1.807, 2.05) is 29.6 Å². The van der Waals surface area contributed by atoms with Crippen LogP contribution in [0.3, 0.4) is 0 Å². The van der Waals surface area contributed by atoms with Crippen LogP contribution in [0.15, 0.2) is 84.9 Å². The average Bonchev–Trinajstić information content (AvgIpc) is 3.14. The highest BCUT2D eigenvalue weighted by molar-refractivity contribution is 8.18. The Kier molecular flexibility index (Phi) is 16.5. The zero-order chi connectivity index (χ0) is 37.7. The number of aliphatic hydroxyl groups excluding tert-OH is 1. The molecule has 2 heterocycles. The Labute approximate surface area is 316 Å². The standard InChI is InChI=1S/C19H19F3O2S2.C10H11FS2.C9H8F2O2/c1-12-10-14(6-7-16(12)24-18(21)22)19(25-8-3-9-26-19)17(23)13-4-2-5-15(20)11-13;11-9-4-1-3-8(7-9)10-12-5-2-6-13-10;1-6-4-7(5-12)2-3-8(6)13-9(10)11/h2,4-7,10-11,17-18,23H,3,8-9H2,1H3;1,3-4,7,10H,2,5-6H2;2-5,9H,1H3. The van der Waals surface area contributed by atoms with Crippen molar-refractivity contribution in [1.82, 2.24) is 0 Å². The quantitative estimate of drug-likeness (QED) is 0.133. The van der Waals surface area contributed by atoms with Crippen molar-refractivity contribution in [2.75, 3.05) is 23.0 Å². The van der Waals surface area contributed by atoms with Crippen molar-refractivity contribution < 1.29 is 45.7 Å². The van der Waals surface area contributed by atoms with E-state index in [4.69, 9.17) is 0 Å². The zero-order valence-corrected chi connectivity index (χ0v) is 31.6. The highest BCUT2D eigenvalue weighted by atomic mass is 32.2. The number of carbonyl (C=O) groups excluding carboxylic acids is 1.